The van der Waals surface area contributed by atoms with Gasteiger partial charge in [0.1, 0.15) is 6.33 Å². The van der Waals surface area contributed by atoms with Crippen molar-refractivity contribution < 1.29 is 0 Å². The first-order valence-electron chi connectivity index (χ1n) is 3.93. The van der Waals surface area contributed by atoms with Gasteiger partial charge in [-0.3, -0.25) is 0 Å². The number of hydrogen-bond acceptors (Lipinski definition) is 4. The van der Waals surface area contributed by atoms with Gasteiger partial charge in [0.05, 0.1) is 0 Å². The highest BCUT2D eigenvalue weighted by Crippen LogP contribution is 2.35. The Balaban J connectivity index is 1.85. The van der Waals surface area contributed by atoms with Crippen LogP contribution in [0.1, 0.15) is 19.8 Å². The van der Waals surface area contributed by atoms with Crippen molar-refractivity contribution >= 4 is 16.7 Å². The monoisotopic (exact) mass is 169 g/mol. The summed E-state index contributed by atoms with van der Waals surface area (Å²) in [7, 11) is 0. The topological polar surface area (TPSA) is 37.8 Å². The van der Waals surface area contributed by atoms with E-state index in [4.69, 9.17) is 0 Å². The van der Waals surface area contributed by atoms with E-state index in [0.717, 1.165) is 11.0 Å². The summed E-state index contributed by atoms with van der Waals surface area (Å²) >= 11 is 1.43. The van der Waals surface area contributed by atoms with Gasteiger partial charge < -0.3 is 5.32 Å². The highest BCUT2D eigenvalue weighted by Gasteiger charge is 2.35. The summed E-state index contributed by atoms with van der Waals surface area (Å²) in [6, 6.07) is 0.674. The molecule has 1 aromatic heterocycles. The molecule has 0 aliphatic heterocycles. The Hall–Kier alpha value is -0.640. The molecule has 2 rings (SSSR count). The van der Waals surface area contributed by atoms with Crippen molar-refractivity contribution in [1.82, 2.24) is 9.36 Å². The molecule has 3 nitrogen and oxygen atoms in total. The first-order valence-corrected chi connectivity index (χ1v) is 4.70. The van der Waals surface area contributed by atoms with Crippen LogP contribution in [0.15, 0.2) is 6.33 Å². The van der Waals surface area contributed by atoms with Gasteiger partial charge in [0.25, 0.3) is 0 Å². The second-order valence-electron chi connectivity index (χ2n) is 2.90. The Morgan fingerprint density at radius 3 is 3.27 bits per heavy atom. The van der Waals surface area contributed by atoms with Gasteiger partial charge in [0.2, 0.25) is 5.13 Å². The molecule has 1 saturated carbocycles. The standard InChI is InChI=1S/C7H11N3S/c1-2-5-3-6(5)10-7-8-4-9-11-7/h4-6H,2-3H2,1H3,(H,8,9,10). The van der Waals surface area contributed by atoms with E-state index < -0.39 is 0 Å². The fourth-order valence-electron chi connectivity index (χ4n) is 1.27. The van der Waals surface area contributed by atoms with Crippen molar-refractivity contribution in [1.29, 1.82) is 0 Å². The van der Waals surface area contributed by atoms with E-state index in [1.165, 1.54) is 24.4 Å². The molecule has 1 aromatic rings. The van der Waals surface area contributed by atoms with E-state index in [0.29, 0.717) is 6.04 Å². The lowest BCUT2D eigenvalue weighted by Gasteiger charge is -1.97. The third-order valence-corrected chi connectivity index (χ3v) is 2.71. The Bertz CT molecular complexity index is 222. The smallest absolute Gasteiger partial charge is 0.202 e. The molecule has 1 N–H and O–H groups in total. The third-order valence-electron chi connectivity index (χ3n) is 2.12. The highest BCUT2D eigenvalue weighted by atomic mass is 32.1. The van der Waals surface area contributed by atoms with Crippen LogP contribution >= 0.6 is 11.5 Å². The molecule has 1 aliphatic carbocycles. The molecule has 4 heteroatoms. The average Bonchev–Trinajstić information content (AvgIpc) is 2.54. The first-order chi connectivity index (χ1) is 5.40. The van der Waals surface area contributed by atoms with Gasteiger partial charge in [-0.1, -0.05) is 13.3 Å². The summed E-state index contributed by atoms with van der Waals surface area (Å²) < 4.78 is 3.92. The molecule has 1 fully saturated rings. The minimum atomic E-state index is 0.674. The van der Waals surface area contributed by atoms with Crippen LogP contribution in [0.25, 0.3) is 0 Å². The summed E-state index contributed by atoms with van der Waals surface area (Å²) in [5.41, 5.74) is 0. The summed E-state index contributed by atoms with van der Waals surface area (Å²) in [6.07, 6.45) is 4.17. The molecule has 1 heterocycles. The van der Waals surface area contributed by atoms with Crippen LogP contribution < -0.4 is 5.32 Å². The minimum absolute atomic E-state index is 0.674. The number of hydrogen-bond donors (Lipinski definition) is 1. The fraction of sp³-hybridized carbons (Fsp3) is 0.714. The van der Waals surface area contributed by atoms with Crippen molar-refractivity contribution in [3.63, 3.8) is 0 Å². The van der Waals surface area contributed by atoms with Crippen LogP contribution in [-0.2, 0) is 0 Å². The van der Waals surface area contributed by atoms with Crippen LogP contribution in [0.3, 0.4) is 0 Å². The summed E-state index contributed by atoms with van der Waals surface area (Å²) in [5.74, 6) is 0.874. The summed E-state index contributed by atoms with van der Waals surface area (Å²) in [4.78, 5) is 4.06. The van der Waals surface area contributed by atoms with Crippen LogP contribution in [-0.4, -0.2) is 15.4 Å². The maximum Gasteiger partial charge on any atom is 0.202 e. The Labute approximate surface area is 70.0 Å². The van der Waals surface area contributed by atoms with Crippen molar-refractivity contribution in [2.24, 2.45) is 5.92 Å². The quantitative estimate of drug-likeness (QED) is 0.749. The Kier molecular flexibility index (Phi) is 1.77. The third kappa shape index (κ3) is 1.50. The number of anilines is 1. The lowest BCUT2D eigenvalue weighted by Crippen LogP contribution is -2.03. The molecule has 0 spiro atoms. The highest BCUT2D eigenvalue weighted by molar-refractivity contribution is 7.09. The predicted octanol–water partition coefficient (Wildman–Crippen LogP) is 1.75. The lowest BCUT2D eigenvalue weighted by molar-refractivity contribution is 0.774. The van der Waals surface area contributed by atoms with E-state index in [9.17, 15) is 0 Å². The van der Waals surface area contributed by atoms with Crippen molar-refractivity contribution in [3.05, 3.63) is 6.33 Å². The molecular weight excluding hydrogens is 158 g/mol. The van der Waals surface area contributed by atoms with Gasteiger partial charge in [-0.15, -0.1) is 0 Å². The van der Waals surface area contributed by atoms with Crippen molar-refractivity contribution in [2.45, 2.75) is 25.8 Å². The van der Waals surface area contributed by atoms with Crippen LogP contribution in [0.4, 0.5) is 5.13 Å². The van der Waals surface area contributed by atoms with E-state index in [1.54, 1.807) is 6.33 Å². The average molecular weight is 169 g/mol. The first kappa shape index (κ1) is 7.03. The van der Waals surface area contributed by atoms with Gasteiger partial charge in [0.15, 0.2) is 0 Å². The lowest BCUT2D eigenvalue weighted by atomic mass is 10.3. The van der Waals surface area contributed by atoms with Gasteiger partial charge in [-0.2, -0.15) is 4.37 Å². The zero-order valence-corrected chi connectivity index (χ0v) is 7.27. The molecule has 2 atom stereocenters. The van der Waals surface area contributed by atoms with E-state index in [-0.39, 0.29) is 0 Å². The molecule has 1 aliphatic rings. The van der Waals surface area contributed by atoms with Crippen LogP contribution in [0.5, 0.6) is 0 Å². The second-order valence-corrected chi connectivity index (χ2v) is 3.68. The molecular formula is C7H11N3S. The molecule has 11 heavy (non-hydrogen) atoms. The Morgan fingerprint density at radius 2 is 2.73 bits per heavy atom. The second kappa shape index (κ2) is 2.77. The Morgan fingerprint density at radius 1 is 1.82 bits per heavy atom. The van der Waals surface area contributed by atoms with E-state index in [2.05, 4.69) is 21.6 Å². The summed E-state index contributed by atoms with van der Waals surface area (Å²) in [6.45, 7) is 2.23. The zero-order valence-electron chi connectivity index (χ0n) is 6.45. The minimum Gasteiger partial charge on any atom is -0.357 e. The summed E-state index contributed by atoms with van der Waals surface area (Å²) in [5, 5.41) is 4.31. The number of aromatic nitrogens is 2. The molecule has 60 valence electrons. The van der Waals surface area contributed by atoms with Gasteiger partial charge in [-0.05, 0) is 12.3 Å². The maximum atomic E-state index is 4.06. The largest absolute Gasteiger partial charge is 0.357 e. The van der Waals surface area contributed by atoms with Gasteiger partial charge >= 0.3 is 0 Å². The van der Waals surface area contributed by atoms with Gasteiger partial charge in [0, 0.05) is 17.6 Å². The number of rotatable bonds is 3. The van der Waals surface area contributed by atoms with E-state index in [1.807, 2.05) is 0 Å². The molecule has 0 amide bonds. The van der Waals surface area contributed by atoms with Crippen LogP contribution in [0, 0.1) is 5.92 Å². The fourth-order valence-corrected chi connectivity index (χ4v) is 1.76. The van der Waals surface area contributed by atoms with E-state index >= 15 is 0 Å². The predicted molar refractivity (Wildman–Crippen MR) is 45.7 cm³/mol. The molecule has 0 saturated heterocycles. The maximum absolute atomic E-state index is 4.06. The molecule has 0 radical (unpaired) electrons. The van der Waals surface area contributed by atoms with Crippen molar-refractivity contribution in [3.8, 4) is 0 Å². The molecule has 0 bridgehead atoms. The molecule has 0 aromatic carbocycles. The number of nitrogens with zero attached hydrogens (tertiary/aromatic N) is 2. The normalized spacial score (nSPS) is 28.5. The zero-order chi connectivity index (χ0) is 7.68. The molecule has 2 unspecified atom stereocenters. The van der Waals surface area contributed by atoms with Gasteiger partial charge in [-0.25, -0.2) is 4.98 Å². The van der Waals surface area contributed by atoms with Crippen LogP contribution in [0.2, 0.25) is 0 Å². The van der Waals surface area contributed by atoms with Crippen molar-refractivity contribution in [2.75, 3.05) is 5.32 Å². The SMILES string of the molecule is CCC1CC1Nc1ncns1. The number of nitrogens with one attached hydrogen (secondary N) is 1.